The van der Waals surface area contributed by atoms with E-state index < -0.39 is 13.0 Å². The van der Waals surface area contributed by atoms with Crippen molar-refractivity contribution in [3.63, 3.8) is 0 Å². The first-order valence-corrected chi connectivity index (χ1v) is 11.8. The lowest BCUT2D eigenvalue weighted by atomic mass is 9.79. The van der Waals surface area contributed by atoms with Crippen molar-refractivity contribution in [3.05, 3.63) is 70.6 Å². The van der Waals surface area contributed by atoms with Crippen LogP contribution in [0.15, 0.2) is 46.9 Å². The molecule has 0 aliphatic heterocycles. The van der Waals surface area contributed by atoms with Crippen molar-refractivity contribution >= 4 is 35.3 Å². The van der Waals surface area contributed by atoms with Gasteiger partial charge in [-0.3, -0.25) is 4.79 Å². The molecule has 2 aromatic carbocycles. The molecule has 9 heteroatoms. The first-order valence-electron chi connectivity index (χ1n) is 11.8. The fraction of sp³-hybridized carbons (Fsp3) is 0.269. The molecule has 178 valence electrons. The average Bonchev–Trinajstić information content (AvgIpc) is 3.00. The number of anilines is 1. The van der Waals surface area contributed by atoms with E-state index in [0.29, 0.717) is 34.7 Å². The Bertz CT molecular complexity index is 1420. The summed E-state index contributed by atoms with van der Waals surface area (Å²) in [6.07, 6.45) is 5.04. The number of hydrogen-bond acceptors (Lipinski definition) is 7. The van der Waals surface area contributed by atoms with Crippen LogP contribution < -0.4 is 16.5 Å². The number of amides is 1. The second-order valence-electron chi connectivity index (χ2n) is 8.93. The number of nitrogens with one attached hydrogen (secondary N) is 1. The van der Waals surface area contributed by atoms with E-state index in [1.807, 2.05) is 19.1 Å². The summed E-state index contributed by atoms with van der Waals surface area (Å²) in [6, 6.07) is 12.5. The number of nitrogens with zero attached hydrogens (tertiary/aromatic N) is 2. The van der Waals surface area contributed by atoms with Gasteiger partial charge in [0.2, 0.25) is 0 Å². The van der Waals surface area contributed by atoms with Crippen LogP contribution in [0.2, 0.25) is 0 Å². The Morgan fingerprint density at radius 1 is 1.11 bits per heavy atom. The summed E-state index contributed by atoms with van der Waals surface area (Å²) < 4.78 is 5.97. The van der Waals surface area contributed by atoms with Gasteiger partial charge in [0.25, 0.3) is 5.91 Å². The molecule has 0 saturated heterocycles. The van der Waals surface area contributed by atoms with Crippen LogP contribution in [0.3, 0.4) is 0 Å². The smallest absolute Gasteiger partial charge is 0.460 e. The van der Waals surface area contributed by atoms with Crippen LogP contribution in [-0.2, 0) is 19.4 Å². The molecular formula is C26H27BN4O4. The van der Waals surface area contributed by atoms with E-state index in [1.165, 1.54) is 0 Å². The van der Waals surface area contributed by atoms with Crippen LogP contribution in [0.25, 0.3) is 22.4 Å². The van der Waals surface area contributed by atoms with Crippen molar-refractivity contribution < 1.29 is 19.3 Å². The molecule has 2 aromatic heterocycles. The number of carbonyl (C=O) groups excluding carboxylic acids is 1. The Balaban J connectivity index is 1.59. The zero-order valence-electron chi connectivity index (χ0n) is 19.5. The lowest BCUT2D eigenvalue weighted by molar-refractivity contribution is 0.100. The zero-order valence-corrected chi connectivity index (χ0v) is 19.5. The van der Waals surface area contributed by atoms with Crippen LogP contribution in [0.1, 0.15) is 52.2 Å². The van der Waals surface area contributed by atoms with E-state index in [2.05, 4.69) is 5.32 Å². The molecule has 5 rings (SSSR count). The summed E-state index contributed by atoms with van der Waals surface area (Å²) in [4.78, 5) is 21.8. The van der Waals surface area contributed by atoms with Crippen LogP contribution >= 0.6 is 0 Å². The van der Waals surface area contributed by atoms with Gasteiger partial charge in [0, 0.05) is 23.2 Å². The van der Waals surface area contributed by atoms with Crippen molar-refractivity contribution in [2.75, 3.05) is 5.32 Å². The topological polar surface area (TPSA) is 134 Å². The van der Waals surface area contributed by atoms with Crippen molar-refractivity contribution in [1.29, 1.82) is 0 Å². The molecule has 0 fully saturated rings. The minimum absolute atomic E-state index is 0.330. The summed E-state index contributed by atoms with van der Waals surface area (Å²) in [5, 5.41) is 23.2. The highest BCUT2D eigenvalue weighted by atomic mass is 16.4. The third kappa shape index (κ3) is 4.52. The second kappa shape index (κ2) is 9.52. The minimum Gasteiger partial charge on any atom is -0.460 e. The Morgan fingerprint density at radius 2 is 1.91 bits per heavy atom. The van der Waals surface area contributed by atoms with Gasteiger partial charge in [0.15, 0.2) is 5.82 Å². The van der Waals surface area contributed by atoms with Crippen molar-refractivity contribution in [3.8, 4) is 11.4 Å². The molecule has 1 aliphatic carbocycles. The van der Waals surface area contributed by atoms with Crippen molar-refractivity contribution in [2.24, 2.45) is 5.73 Å². The van der Waals surface area contributed by atoms with E-state index in [9.17, 15) is 14.8 Å². The van der Waals surface area contributed by atoms with Gasteiger partial charge in [-0.1, -0.05) is 42.8 Å². The standard InChI is InChI=1S/C26H27BN4O4/c1-15-22(19-10-6-11-20(24(28)32)23(19)35-15)26-30-21-12-4-2-3-9-18(21)25(31-26)29-14-16-7-5-8-17(13-16)27(33)34/h5-8,10-11,13,33-34H,2-4,9,12,14H2,1H3,(H2,28,32)(H,29,30,31). The Kier molecular flexibility index (Phi) is 6.28. The van der Waals surface area contributed by atoms with Crippen LogP contribution in [0.5, 0.6) is 0 Å². The fourth-order valence-electron chi connectivity index (χ4n) is 4.79. The van der Waals surface area contributed by atoms with Gasteiger partial charge in [0.05, 0.1) is 11.1 Å². The molecule has 5 N–H and O–H groups in total. The van der Waals surface area contributed by atoms with Crippen LogP contribution in [0.4, 0.5) is 5.82 Å². The van der Waals surface area contributed by atoms with Gasteiger partial charge in [0.1, 0.15) is 17.2 Å². The molecule has 0 bridgehead atoms. The molecule has 2 heterocycles. The number of aryl methyl sites for hydroxylation is 2. The predicted molar refractivity (Wildman–Crippen MR) is 135 cm³/mol. The Labute approximate surface area is 203 Å². The number of para-hydroxylation sites is 1. The summed E-state index contributed by atoms with van der Waals surface area (Å²) in [5.74, 6) is 1.39. The molecular weight excluding hydrogens is 443 g/mol. The quantitative estimate of drug-likeness (QED) is 0.251. The Hall–Kier alpha value is -3.69. The van der Waals surface area contributed by atoms with Gasteiger partial charge in [-0.15, -0.1) is 0 Å². The Morgan fingerprint density at radius 3 is 2.71 bits per heavy atom. The largest absolute Gasteiger partial charge is 0.488 e. The van der Waals surface area contributed by atoms with E-state index in [4.69, 9.17) is 20.1 Å². The minimum atomic E-state index is -1.51. The molecule has 0 spiro atoms. The normalized spacial score (nSPS) is 13.3. The highest BCUT2D eigenvalue weighted by Gasteiger charge is 2.23. The first-order chi connectivity index (χ1) is 16.9. The number of rotatable bonds is 6. The lowest BCUT2D eigenvalue weighted by Crippen LogP contribution is -2.30. The third-order valence-corrected chi connectivity index (χ3v) is 6.52. The third-order valence-electron chi connectivity index (χ3n) is 6.52. The maximum atomic E-state index is 11.9. The van der Waals surface area contributed by atoms with E-state index in [1.54, 1.807) is 30.3 Å². The number of hydrogen-bond donors (Lipinski definition) is 4. The molecule has 4 aromatic rings. The van der Waals surface area contributed by atoms with Gasteiger partial charge in [-0.05, 0) is 49.7 Å². The number of furan rings is 1. The summed E-state index contributed by atoms with van der Waals surface area (Å²) in [7, 11) is -1.51. The summed E-state index contributed by atoms with van der Waals surface area (Å²) >= 11 is 0. The molecule has 0 saturated carbocycles. The molecule has 0 atom stereocenters. The van der Waals surface area contributed by atoms with Gasteiger partial charge >= 0.3 is 7.12 Å². The maximum Gasteiger partial charge on any atom is 0.488 e. The zero-order chi connectivity index (χ0) is 24.5. The number of benzene rings is 2. The molecule has 35 heavy (non-hydrogen) atoms. The SMILES string of the molecule is Cc1oc2c(C(N)=O)cccc2c1-c1nc2c(c(NCc3cccc(B(O)O)c3)n1)CCCCC2. The van der Waals surface area contributed by atoms with Crippen LogP contribution in [0, 0.1) is 6.92 Å². The van der Waals surface area contributed by atoms with Gasteiger partial charge in [-0.2, -0.15) is 0 Å². The van der Waals surface area contributed by atoms with E-state index >= 15 is 0 Å². The van der Waals surface area contributed by atoms with E-state index in [-0.39, 0.29) is 0 Å². The maximum absolute atomic E-state index is 11.9. The van der Waals surface area contributed by atoms with Crippen molar-refractivity contribution in [2.45, 2.75) is 45.6 Å². The second-order valence-corrected chi connectivity index (χ2v) is 8.93. The number of aromatic nitrogens is 2. The molecule has 1 amide bonds. The number of carbonyl (C=O) groups is 1. The van der Waals surface area contributed by atoms with Gasteiger partial charge < -0.3 is 25.5 Å². The van der Waals surface area contributed by atoms with E-state index in [0.717, 1.165) is 65.7 Å². The first kappa shape index (κ1) is 23.1. The molecule has 8 nitrogen and oxygen atoms in total. The summed E-state index contributed by atoms with van der Waals surface area (Å²) in [5.41, 5.74) is 10.6. The predicted octanol–water partition coefficient (Wildman–Crippen LogP) is 2.86. The van der Waals surface area contributed by atoms with Crippen LogP contribution in [-0.4, -0.2) is 33.0 Å². The highest BCUT2D eigenvalue weighted by Crippen LogP contribution is 2.36. The van der Waals surface area contributed by atoms with Crippen molar-refractivity contribution in [1.82, 2.24) is 9.97 Å². The number of nitrogens with two attached hydrogens (primary N) is 1. The monoisotopic (exact) mass is 470 g/mol. The van der Waals surface area contributed by atoms with Gasteiger partial charge in [-0.25, -0.2) is 9.97 Å². The number of fused-ring (bicyclic) bond motifs is 2. The molecule has 0 radical (unpaired) electrons. The average molecular weight is 470 g/mol. The summed E-state index contributed by atoms with van der Waals surface area (Å²) in [6.45, 7) is 2.31. The highest BCUT2D eigenvalue weighted by molar-refractivity contribution is 6.58. The molecule has 1 aliphatic rings. The fourth-order valence-corrected chi connectivity index (χ4v) is 4.79. The number of primary amides is 1. The molecule has 0 unspecified atom stereocenters. The lowest BCUT2D eigenvalue weighted by Gasteiger charge is -2.15.